The number of amidine groups is 1. The smallest absolute Gasteiger partial charge is 0.418 e. The van der Waals surface area contributed by atoms with Crippen molar-refractivity contribution in [3.05, 3.63) is 54.1 Å². The maximum Gasteiger partial charge on any atom is 0.418 e. The SMILES string of the molecule is COc1cccc(N=C(NNc2ccccc2C(F)(F)F)C(C)=O)c1. The van der Waals surface area contributed by atoms with Gasteiger partial charge >= 0.3 is 6.18 Å². The number of halogens is 3. The number of methoxy groups -OCH3 is 1. The van der Waals surface area contributed by atoms with Gasteiger partial charge in [-0.1, -0.05) is 18.2 Å². The first-order valence-electron chi connectivity index (χ1n) is 7.23. The molecule has 25 heavy (non-hydrogen) atoms. The minimum atomic E-state index is -4.52. The third kappa shape index (κ3) is 4.97. The monoisotopic (exact) mass is 351 g/mol. The molecular weight excluding hydrogens is 335 g/mol. The number of rotatable bonds is 5. The van der Waals surface area contributed by atoms with Gasteiger partial charge < -0.3 is 4.74 Å². The Morgan fingerprint density at radius 3 is 2.48 bits per heavy atom. The lowest BCUT2D eigenvalue weighted by atomic mass is 10.2. The number of carbonyl (C=O) groups excluding carboxylic acids is 1. The van der Waals surface area contributed by atoms with Gasteiger partial charge in [0, 0.05) is 13.0 Å². The predicted octanol–water partition coefficient (Wildman–Crippen LogP) is 3.95. The first-order valence-corrected chi connectivity index (χ1v) is 7.23. The highest BCUT2D eigenvalue weighted by atomic mass is 19.4. The Morgan fingerprint density at radius 2 is 1.84 bits per heavy atom. The molecule has 0 aliphatic rings. The van der Waals surface area contributed by atoms with Crippen LogP contribution in [0.3, 0.4) is 0 Å². The van der Waals surface area contributed by atoms with Crippen molar-refractivity contribution in [3.8, 4) is 5.75 Å². The van der Waals surface area contributed by atoms with E-state index in [2.05, 4.69) is 15.8 Å². The van der Waals surface area contributed by atoms with E-state index in [1.54, 1.807) is 24.3 Å². The zero-order valence-corrected chi connectivity index (χ0v) is 13.5. The summed E-state index contributed by atoms with van der Waals surface area (Å²) in [6.45, 7) is 1.25. The van der Waals surface area contributed by atoms with Crippen LogP contribution in [0.4, 0.5) is 24.5 Å². The van der Waals surface area contributed by atoms with Crippen LogP contribution in [-0.2, 0) is 11.0 Å². The standard InChI is InChI=1S/C17H16F3N3O2/c1-11(24)16(21-12-6-5-7-13(10-12)25-2)23-22-15-9-4-3-8-14(15)17(18,19)20/h3-10,22H,1-2H3,(H,21,23). The van der Waals surface area contributed by atoms with Crippen molar-refractivity contribution in [2.75, 3.05) is 12.5 Å². The summed E-state index contributed by atoms with van der Waals surface area (Å²) in [5, 5.41) is 0. The van der Waals surface area contributed by atoms with Crippen molar-refractivity contribution in [2.24, 2.45) is 4.99 Å². The van der Waals surface area contributed by atoms with Gasteiger partial charge in [-0.25, -0.2) is 4.99 Å². The summed E-state index contributed by atoms with van der Waals surface area (Å²) in [7, 11) is 1.49. The molecule has 0 saturated carbocycles. The lowest BCUT2D eigenvalue weighted by Crippen LogP contribution is -2.35. The Bertz CT molecular complexity index is 789. The van der Waals surface area contributed by atoms with Gasteiger partial charge in [0.25, 0.3) is 0 Å². The van der Waals surface area contributed by atoms with Gasteiger partial charge in [-0.2, -0.15) is 13.2 Å². The van der Waals surface area contributed by atoms with Crippen LogP contribution in [0.2, 0.25) is 0 Å². The molecule has 0 saturated heterocycles. The van der Waals surface area contributed by atoms with E-state index in [-0.39, 0.29) is 11.5 Å². The molecule has 2 rings (SSSR count). The summed E-state index contributed by atoms with van der Waals surface area (Å²) in [4.78, 5) is 15.8. The van der Waals surface area contributed by atoms with Crippen LogP contribution >= 0.6 is 0 Å². The molecule has 0 aliphatic carbocycles. The van der Waals surface area contributed by atoms with E-state index in [0.717, 1.165) is 6.07 Å². The van der Waals surface area contributed by atoms with Crippen LogP contribution in [0.5, 0.6) is 5.75 Å². The van der Waals surface area contributed by atoms with Crippen molar-refractivity contribution in [1.29, 1.82) is 0 Å². The third-order valence-corrected chi connectivity index (χ3v) is 3.18. The van der Waals surface area contributed by atoms with Crippen LogP contribution in [-0.4, -0.2) is 18.7 Å². The number of benzene rings is 2. The largest absolute Gasteiger partial charge is 0.497 e. The number of ether oxygens (including phenoxy) is 1. The number of alkyl halides is 3. The number of carbonyl (C=O) groups is 1. The van der Waals surface area contributed by atoms with Crippen molar-refractivity contribution < 1.29 is 22.7 Å². The fraction of sp³-hybridized carbons (Fsp3) is 0.176. The second kappa shape index (κ2) is 7.69. The van der Waals surface area contributed by atoms with Crippen LogP contribution in [0.1, 0.15) is 12.5 Å². The second-order valence-corrected chi connectivity index (χ2v) is 5.01. The predicted molar refractivity (Wildman–Crippen MR) is 89.0 cm³/mol. The summed E-state index contributed by atoms with van der Waals surface area (Å²) < 4.78 is 44.0. The van der Waals surface area contributed by atoms with Crippen LogP contribution in [0.15, 0.2) is 53.5 Å². The molecule has 2 aromatic rings. The maximum absolute atomic E-state index is 13.0. The average Bonchev–Trinajstić information content (AvgIpc) is 2.58. The Morgan fingerprint density at radius 1 is 1.12 bits per heavy atom. The van der Waals surface area contributed by atoms with Crippen LogP contribution in [0.25, 0.3) is 0 Å². The molecule has 0 amide bonds. The number of hydrogen-bond donors (Lipinski definition) is 2. The number of hydrogen-bond acceptors (Lipinski definition) is 4. The number of ketones is 1. The van der Waals surface area contributed by atoms with Crippen molar-refractivity contribution >= 4 is 23.0 Å². The van der Waals surface area contributed by atoms with E-state index in [1.807, 2.05) is 0 Å². The molecule has 0 bridgehead atoms. The summed E-state index contributed by atoms with van der Waals surface area (Å²) in [5.41, 5.74) is 4.19. The molecule has 0 spiro atoms. The Balaban J connectivity index is 2.24. The molecule has 132 valence electrons. The number of hydrazine groups is 1. The fourth-order valence-electron chi connectivity index (χ4n) is 1.97. The number of nitrogens with one attached hydrogen (secondary N) is 2. The fourth-order valence-corrected chi connectivity index (χ4v) is 1.97. The van der Waals surface area contributed by atoms with Gasteiger partial charge in [-0.05, 0) is 24.3 Å². The molecule has 0 unspecified atom stereocenters. The van der Waals surface area contributed by atoms with Gasteiger partial charge in [0.2, 0.25) is 0 Å². The second-order valence-electron chi connectivity index (χ2n) is 5.01. The van der Waals surface area contributed by atoms with Crippen LogP contribution in [0, 0.1) is 0 Å². The summed E-state index contributed by atoms with van der Waals surface area (Å²) in [5.74, 6) is -0.0374. The van der Waals surface area contributed by atoms with Crippen LogP contribution < -0.4 is 15.6 Å². The number of para-hydroxylation sites is 1. The summed E-state index contributed by atoms with van der Waals surface area (Å²) >= 11 is 0. The van der Waals surface area contributed by atoms with E-state index in [1.165, 1.54) is 32.2 Å². The zero-order valence-electron chi connectivity index (χ0n) is 13.5. The normalized spacial score (nSPS) is 11.8. The number of Topliss-reactive ketones (excluding diaryl/α,β-unsaturated/α-hetero) is 1. The molecule has 0 aromatic heterocycles. The lowest BCUT2D eigenvalue weighted by Gasteiger charge is -2.15. The topological polar surface area (TPSA) is 62.7 Å². The highest BCUT2D eigenvalue weighted by molar-refractivity contribution is 6.38. The van der Waals surface area contributed by atoms with E-state index in [4.69, 9.17) is 4.74 Å². The van der Waals surface area contributed by atoms with E-state index in [9.17, 15) is 18.0 Å². The van der Waals surface area contributed by atoms with E-state index < -0.39 is 17.5 Å². The molecule has 0 fully saturated rings. The quantitative estimate of drug-likeness (QED) is 0.486. The van der Waals surface area contributed by atoms with Gasteiger partial charge in [0.1, 0.15) is 5.75 Å². The Hall–Kier alpha value is -3.03. The molecule has 0 heterocycles. The molecule has 8 heteroatoms. The number of nitrogens with zero attached hydrogens (tertiary/aromatic N) is 1. The lowest BCUT2D eigenvalue weighted by molar-refractivity contribution is -0.137. The van der Waals surface area contributed by atoms with Crippen molar-refractivity contribution in [1.82, 2.24) is 5.43 Å². The summed E-state index contributed by atoms with van der Waals surface area (Å²) in [6, 6.07) is 11.5. The summed E-state index contributed by atoms with van der Waals surface area (Å²) in [6.07, 6.45) is -4.52. The molecule has 5 nitrogen and oxygen atoms in total. The molecule has 2 N–H and O–H groups in total. The third-order valence-electron chi connectivity index (χ3n) is 3.18. The maximum atomic E-state index is 13.0. The minimum Gasteiger partial charge on any atom is -0.497 e. The van der Waals surface area contributed by atoms with Crippen molar-refractivity contribution in [3.63, 3.8) is 0 Å². The molecule has 0 aliphatic heterocycles. The average molecular weight is 351 g/mol. The van der Waals surface area contributed by atoms with Gasteiger partial charge in [0.05, 0.1) is 24.0 Å². The van der Waals surface area contributed by atoms with E-state index in [0.29, 0.717) is 11.4 Å². The van der Waals surface area contributed by atoms with Gasteiger partial charge in [-0.15, -0.1) is 0 Å². The zero-order chi connectivity index (χ0) is 18.4. The molecule has 2 aromatic carbocycles. The van der Waals surface area contributed by atoms with E-state index >= 15 is 0 Å². The minimum absolute atomic E-state index is 0.134. The van der Waals surface area contributed by atoms with Crippen molar-refractivity contribution in [2.45, 2.75) is 13.1 Å². The highest BCUT2D eigenvalue weighted by Crippen LogP contribution is 2.34. The Kier molecular flexibility index (Phi) is 5.63. The molecule has 0 radical (unpaired) electrons. The number of anilines is 1. The first kappa shape index (κ1) is 18.3. The van der Waals surface area contributed by atoms with Gasteiger partial charge in [-0.3, -0.25) is 15.6 Å². The van der Waals surface area contributed by atoms with Gasteiger partial charge in [0.15, 0.2) is 11.6 Å². The highest BCUT2D eigenvalue weighted by Gasteiger charge is 2.33. The first-order chi connectivity index (χ1) is 11.8. The number of aliphatic imine (C=N–C) groups is 1. The molecule has 0 atom stereocenters. The molecular formula is C17H16F3N3O2. The Labute approximate surface area is 142 Å².